The zero-order valence-electron chi connectivity index (χ0n) is 8.11. The number of carbonyl (C=O) groups is 1. The van der Waals surface area contributed by atoms with Crippen molar-refractivity contribution in [3.63, 3.8) is 0 Å². The number of halogens is 1. The summed E-state index contributed by atoms with van der Waals surface area (Å²) in [5.41, 5.74) is 0.771. The van der Waals surface area contributed by atoms with Crippen molar-refractivity contribution in [2.45, 2.75) is 19.9 Å². The summed E-state index contributed by atoms with van der Waals surface area (Å²) in [7, 11) is 0. The molecule has 0 spiro atoms. The van der Waals surface area contributed by atoms with Crippen LogP contribution >= 0.6 is 11.9 Å². The van der Waals surface area contributed by atoms with Crippen LogP contribution < -0.4 is 4.90 Å². The Hall–Kier alpha value is -1.22. The molecule has 76 valence electrons. The third kappa shape index (κ3) is 2.39. The fourth-order valence-electron chi connectivity index (χ4n) is 1.24. The molecule has 1 aromatic rings. The Morgan fingerprint density at radius 1 is 1.36 bits per heavy atom. The van der Waals surface area contributed by atoms with Crippen LogP contribution in [-0.2, 0) is 4.29 Å². The molecule has 0 aliphatic heterocycles. The monoisotopic (exact) mass is 213 g/mol. The summed E-state index contributed by atoms with van der Waals surface area (Å²) in [6, 6.07) is 9.25. The van der Waals surface area contributed by atoms with Gasteiger partial charge in [-0.3, -0.25) is 4.90 Å². The van der Waals surface area contributed by atoms with Gasteiger partial charge in [-0.05, 0) is 26.0 Å². The number of benzene rings is 1. The number of rotatable bonds is 2. The number of amides is 1. The number of nitrogens with zero attached hydrogens (tertiary/aromatic N) is 1. The molecule has 0 fully saturated rings. The van der Waals surface area contributed by atoms with Gasteiger partial charge in [-0.1, -0.05) is 18.2 Å². The van der Waals surface area contributed by atoms with Crippen molar-refractivity contribution in [1.29, 1.82) is 0 Å². The van der Waals surface area contributed by atoms with Gasteiger partial charge in [-0.15, -0.1) is 0 Å². The van der Waals surface area contributed by atoms with Crippen molar-refractivity contribution in [2.75, 3.05) is 4.90 Å². The van der Waals surface area contributed by atoms with E-state index < -0.39 is 6.09 Å². The molecule has 0 saturated carbocycles. The number of para-hydroxylation sites is 1. The van der Waals surface area contributed by atoms with Crippen molar-refractivity contribution in [3.05, 3.63) is 30.3 Å². The molecule has 0 saturated heterocycles. The Balaban J connectivity index is 2.95. The summed E-state index contributed by atoms with van der Waals surface area (Å²) in [5.74, 6) is 0. The van der Waals surface area contributed by atoms with Crippen LogP contribution in [0.3, 0.4) is 0 Å². The maximum absolute atomic E-state index is 11.3. The highest BCUT2D eigenvalue weighted by molar-refractivity contribution is 6.15. The Labute approximate surface area is 88.4 Å². The van der Waals surface area contributed by atoms with E-state index in [0.717, 1.165) is 5.69 Å². The highest BCUT2D eigenvalue weighted by Gasteiger charge is 2.19. The van der Waals surface area contributed by atoms with Crippen LogP contribution in [0.15, 0.2) is 30.3 Å². The molecular weight excluding hydrogens is 202 g/mol. The lowest BCUT2D eigenvalue weighted by Gasteiger charge is -2.23. The molecule has 0 aliphatic carbocycles. The van der Waals surface area contributed by atoms with E-state index in [0.29, 0.717) is 0 Å². The zero-order valence-corrected chi connectivity index (χ0v) is 8.86. The standard InChI is InChI=1S/C10H12ClNO2/c1-8(2)12(10(13)14-11)9-6-4-3-5-7-9/h3-8H,1-2H3. The third-order valence-corrected chi connectivity index (χ3v) is 1.95. The summed E-state index contributed by atoms with van der Waals surface area (Å²) >= 11 is 5.05. The summed E-state index contributed by atoms with van der Waals surface area (Å²) in [5, 5.41) is 0. The van der Waals surface area contributed by atoms with E-state index in [9.17, 15) is 4.79 Å². The summed E-state index contributed by atoms with van der Waals surface area (Å²) < 4.78 is 4.19. The molecule has 0 aromatic heterocycles. The number of anilines is 1. The van der Waals surface area contributed by atoms with Crippen molar-refractivity contribution in [1.82, 2.24) is 0 Å². The van der Waals surface area contributed by atoms with Crippen LogP contribution in [0.25, 0.3) is 0 Å². The van der Waals surface area contributed by atoms with Gasteiger partial charge in [-0.2, -0.15) is 0 Å². The van der Waals surface area contributed by atoms with E-state index in [1.54, 1.807) is 0 Å². The maximum atomic E-state index is 11.3. The number of hydrogen-bond donors (Lipinski definition) is 0. The molecule has 0 bridgehead atoms. The van der Waals surface area contributed by atoms with Crippen molar-refractivity contribution >= 4 is 23.6 Å². The fourth-order valence-corrected chi connectivity index (χ4v) is 1.31. The Bertz CT molecular complexity index is 300. The van der Waals surface area contributed by atoms with E-state index in [-0.39, 0.29) is 6.04 Å². The molecular formula is C10H12ClNO2. The predicted molar refractivity (Wildman–Crippen MR) is 56.4 cm³/mol. The minimum absolute atomic E-state index is 0.00338. The summed E-state index contributed by atoms with van der Waals surface area (Å²) in [4.78, 5) is 12.8. The van der Waals surface area contributed by atoms with Crippen LogP contribution in [0.4, 0.5) is 10.5 Å². The number of carbonyl (C=O) groups excluding carboxylic acids is 1. The van der Waals surface area contributed by atoms with Gasteiger partial charge < -0.3 is 4.29 Å². The molecule has 1 aromatic carbocycles. The average molecular weight is 214 g/mol. The number of hydrogen-bond acceptors (Lipinski definition) is 2. The SMILES string of the molecule is CC(C)N(C(=O)OCl)c1ccccc1. The van der Waals surface area contributed by atoms with Gasteiger partial charge in [0.25, 0.3) is 0 Å². The zero-order chi connectivity index (χ0) is 10.6. The first-order valence-electron chi connectivity index (χ1n) is 4.33. The van der Waals surface area contributed by atoms with E-state index in [1.165, 1.54) is 4.90 Å². The normalized spacial score (nSPS) is 10.0. The van der Waals surface area contributed by atoms with E-state index >= 15 is 0 Å². The minimum atomic E-state index is -0.562. The van der Waals surface area contributed by atoms with Crippen molar-refractivity contribution in [3.8, 4) is 0 Å². The molecule has 0 radical (unpaired) electrons. The Kier molecular flexibility index (Phi) is 3.77. The topological polar surface area (TPSA) is 29.5 Å². The van der Waals surface area contributed by atoms with Gasteiger partial charge in [0.1, 0.15) is 11.9 Å². The van der Waals surface area contributed by atoms with Crippen LogP contribution in [-0.4, -0.2) is 12.1 Å². The molecule has 0 atom stereocenters. The first-order valence-corrected chi connectivity index (χ1v) is 4.64. The smallest absolute Gasteiger partial charge is 0.330 e. The van der Waals surface area contributed by atoms with Crippen LogP contribution in [0.2, 0.25) is 0 Å². The summed E-state index contributed by atoms with van der Waals surface area (Å²) in [6.45, 7) is 3.78. The fraction of sp³-hybridized carbons (Fsp3) is 0.300. The van der Waals surface area contributed by atoms with Crippen LogP contribution in [0, 0.1) is 0 Å². The predicted octanol–water partition coefficient (Wildman–Crippen LogP) is 3.19. The first kappa shape index (κ1) is 10.9. The van der Waals surface area contributed by atoms with Crippen LogP contribution in [0.5, 0.6) is 0 Å². The van der Waals surface area contributed by atoms with Gasteiger partial charge in [0.2, 0.25) is 0 Å². The molecule has 0 aliphatic rings. The molecule has 1 rings (SSSR count). The van der Waals surface area contributed by atoms with Crippen LogP contribution in [0.1, 0.15) is 13.8 Å². The van der Waals surface area contributed by atoms with Gasteiger partial charge in [0.15, 0.2) is 0 Å². The molecule has 0 heterocycles. The highest BCUT2D eigenvalue weighted by atomic mass is 35.5. The molecule has 4 heteroatoms. The lowest BCUT2D eigenvalue weighted by molar-refractivity contribution is 0.210. The second kappa shape index (κ2) is 4.86. The van der Waals surface area contributed by atoms with E-state index in [4.69, 9.17) is 11.9 Å². The van der Waals surface area contributed by atoms with E-state index in [2.05, 4.69) is 4.29 Å². The Morgan fingerprint density at radius 2 is 1.93 bits per heavy atom. The van der Waals surface area contributed by atoms with E-state index in [1.807, 2.05) is 44.2 Å². The van der Waals surface area contributed by atoms with Crippen molar-refractivity contribution < 1.29 is 9.08 Å². The molecule has 0 unspecified atom stereocenters. The summed E-state index contributed by atoms with van der Waals surface area (Å²) in [6.07, 6.45) is -0.562. The van der Waals surface area contributed by atoms with Gasteiger partial charge in [0.05, 0.1) is 0 Å². The first-order chi connectivity index (χ1) is 6.66. The second-order valence-electron chi connectivity index (χ2n) is 3.14. The highest BCUT2D eigenvalue weighted by Crippen LogP contribution is 2.17. The van der Waals surface area contributed by atoms with Crippen molar-refractivity contribution in [2.24, 2.45) is 0 Å². The third-order valence-electron chi connectivity index (χ3n) is 1.81. The molecule has 14 heavy (non-hydrogen) atoms. The van der Waals surface area contributed by atoms with Gasteiger partial charge >= 0.3 is 6.09 Å². The average Bonchev–Trinajstić information content (AvgIpc) is 2.19. The quantitative estimate of drug-likeness (QED) is 0.755. The largest absolute Gasteiger partial charge is 0.432 e. The lowest BCUT2D eigenvalue weighted by Crippen LogP contribution is -2.36. The molecule has 0 N–H and O–H groups in total. The Morgan fingerprint density at radius 3 is 2.36 bits per heavy atom. The maximum Gasteiger partial charge on any atom is 0.432 e. The lowest BCUT2D eigenvalue weighted by atomic mass is 10.2. The minimum Gasteiger partial charge on any atom is -0.330 e. The van der Waals surface area contributed by atoms with Gasteiger partial charge in [0, 0.05) is 11.7 Å². The van der Waals surface area contributed by atoms with Gasteiger partial charge in [-0.25, -0.2) is 4.79 Å². The molecule has 3 nitrogen and oxygen atoms in total. The molecule has 1 amide bonds. The second-order valence-corrected chi connectivity index (χ2v) is 3.30.